The molecule has 4 aromatic rings. The van der Waals surface area contributed by atoms with Crippen LogP contribution in [0.2, 0.25) is 10.0 Å². The largest absolute Gasteiger partial charge is 1.00 e. The fraction of sp³-hybridized carbons (Fsp3) is 0.172. The number of halogens is 5. The van der Waals surface area contributed by atoms with Crippen molar-refractivity contribution in [3.05, 3.63) is 99.2 Å². The van der Waals surface area contributed by atoms with Crippen LogP contribution in [-0.2, 0) is 17.4 Å². The second kappa shape index (κ2) is 13.0. The van der Waals surface area contributed by atoms with E-state index < -0.39 is 28.6 Å². The molecule has 13 heteroatoms. The van der Waals surface area contributed by atoms with Crippen molar-refractivity contribution in [2.75, 3.05) is 6.61 Å². The van der Waals surface area contributed by atoms with Crippen LogP contribution in [0, 0.1) is 0 Å². The molecular weight excluding hydrogens is 607 g/mol. The average molecular weight is 625 g/mol. The molecule has 7 nitrogen and oxygen atoms in total. The minimum absolute atomic E-state index is 0. The van der Waals surface area contributed by atoms with Gasteiger partial charge < -0.3 is 19.4 Å². The molecule has 0 spiro atoms. The van der Waals surface area contributed by atoms with Crippen LogP contribution in [0.3, 0.4) is 0 Å². The van der Waals surface area contributed by atoms with E-state index in [1.165, 1.54) is 18.2 Å². The van der Waals surface area contributed by atoms with Crippen LogP contribution in [-0.4, -0.2) is 28.6 Å². The normalized spacial score (nSPS) is 14.3. The van der Waals surface area contributed by atoms with E-state index in [0.29, 0.717) is 39.6 Å². The molecule has 1 aliphatic rings. The molecule has 3 aromatic carbocycles. The van der Waals surface area contributed by atoms with Crippen molar-refractivity contribution in [3.8, 4) is 28.5 Å². The van der Waals surface area contributed by atoms with Gasteiger partial charge in [0.05, 0.1) is 40.0 Å². The van der Waals surface area contributed by atoms with Crippen molar-refractivity contribution in [2.45, 2.75) is 24.9 Å². The standard InChI is InChI=1S/C29H19Cl2F3N2O5.Na/c30-22-11-16(3-7-21(22)29(32,33)34)24-8-4-17(35-36-24)12-25(37)15-1-5-18(6-2-15)41-27-14-26-20(13-23(27)31)19(28(38)39)9-10-40-26;/h1-8,11,13-14,19H,9-10,12H2,(H,38,39);/q;+1/p-1. The van der Waals surface area contributed by atoms with Crippen molar-refractivity contribution >= 4 is 35.0 Å². The third-order valence-corrected chi connectivity index (χ3v) is 7.03. The summed E-state index contributed by atoms with van der Waals surface area (Å²) in [6.07, 6.45) is -4.34. The zero-order valence-electron chi connectivity index (χ0n) is 21.9. The molecule has 0 fully saturated rings. The van der Waals surface area contributed by atoms with Crippen molar-refractivity contribution < 1.29 is 66.9 Å². The second-order valence-electron chi connectivity index (χ2n) is 9.16. The Labute approximate surface area is 269 Å². The third kappa shape index (κ3) is 7.07. The number of Topliss-reactive ketones (excluding diaryl/α,β-unsaturated/α-hetero) is 1. The molecule has 42 heavy (non-hydrogen) atoms. The molecule has 5 rings (SSSR count). The number of benzene rings is 3. The summed E-state index contributed by atoms with van der Waals surface area (Å²) in [5, 5.41) is 19.2. The van der Waals surface area contributed by atoms with Gasteiger partial charge in [-0.2, -0.15) is 23.4 Å². The summed E-state index contributed by atoms with van der Waals surface area (Å²) >= 11 is 12.1. The number of carboxylic acid groups (broad SMARTS) is 1. The number of hydrogen-bond donors (Lipinski definition) is 0. The van der Waals surface area contributed by atoms with Crippen LogP contribution in [0.1, 0.15) is 39.5 Å². The number of carbonyl (C=O) groups is 2. The van der Waals surface area contributed by atoms with Crippen LogP contribution in [0.5, 0.6) is 17.2 Å². The molecule has 0 saturated heterocycles. The van der Waals surface area contributed by atoms with Crippen LogP contribution in [0.15, 0.2) is 66.7 Å². The predicted octanol–water partition coefficient (Wildman–Crippen LogP) is 3.31. The molecule has 0 radical (unpaired) electrons. The van der Waals surface area contributed by atoms with Gasteiger partial charge in [0.15, 0.2) is 5.78 Å². The molecule has 1 aromatic heterocycles. The Kier molecular flexibility index (Phi) is 9.84. The topological polar surface area (TPSA) is 101 Å². The summed E-state index contributed by atoms with van der Waals surface area (Å²) < 4.78 is 50.2. The number of alkyl halides is 3. The smallest absolute Gasteiger partial charge is 0.549 e. The first-order valence-corrected chi connectivity index (χ1v) is 12.9. The van der Waals surface area contributed by atoms with E-state index in [1.807, 2.05) is 0 Å². The first-order valence-electron chi connectivity index (χ1n) is 12.2. The maximum absolute atomic E-state index is 12.9. The van der Waals surface area contributed by atoms with E-state index >= 15 is 0 Å². The molecule has 1 atom stereocenters. The Balaban J connectivity index is 0.00000405. The van der Waals surface area contributed by atoms with Gasteiger partial charge in [-0.15, -0.1) is 0 Å². The van der Waals surface area contributed by atoms with Crippen molar-refractivity contribution in [3.63, 3.8) is 0 Å². The van der Waals surface area contributed by atoms with E-state index in [9.17, 15) is 27.9 Å². The summed E-state index contributed by atoms with van der Waals surface area (Å²) in [7, 11) is 0. The fourth-order valence-corrected chi connectivity index (χ4v) is 4.83. The molecular formula is C29H18Cl2F3N2NaO5. The monoisotopic (exact) mass is 624 g/mol. The number of fused-ring (bicyclic) bond motifs is 1. The Morgan fingerprint density at radius 1 is 0.976 bits per heavy atom. The predicted molar refractivity (Wildman–Crippen MR) is 141 cm³/mol. The zero-order chi connectivity index (χ0) is 29.3. The molecule has 1 unspecified atom stereocenters. The molecule has 0 N–H and O–H groups in total. The Hall–Kier alpha value is -3.15. The van der Waals surface area contributed by atoms with E-state index in [0.717, 1.165) is 12.1 Å². The Bertz CT molecular complexity index is 1630. The van der Waals surface area contributed by atoms with Gasteiger partial charge in [0.2, 0.25) is 0 Å². The van der Waals surface area contributed by atoms with E-state index in [-0.39, 0.29) is 65.6 Å². The molecule has 0 aliphatic carbocycles. The Morgan fingerprint density at radius 2 is 1.71 bits per heavy atom. The van der Waals surface area contributed by atoms with Gasteiger partial charge in [0.1, 0.15) is 17.2 Å². The number of carboxylic acids is 1. The van der Waals surface area contributed by atoms with Gasteiger partial charge in [-0.25, -0.2) is 0 Å². The second-order valence-corrected chi connectivity index (χ2v) is 9.97. The number of hydrogen-bond acceptors (Lipinski definition) is 7. The van der Waals surface area contributed by atoms with E-state index in [4.69, 9.17) is 32.7 Å². The molecule has 1 aliphatic heterocycles. The average Bonchev–Trinajstić information content (AvgIpc) is 2.93. The summed E-state index contributed by atoms with van der Waals surface area (Å²) in [5.41, 5.74) is 0.894. The van der Waals surface area contributed by atoms with E-state index in [2.05, 4.69) is 10.2 Å². The summed E-state index contributed by atoms with van der Waals surface area (Å²) in [6.45, 7) is 0.222. The van der Waals surface area contributed by atoms with E-state index in [1.54, 1.807) is 36.4 Å². The number of ketones is 1. The minimum Gasteiger partial charge on any atom is -0.549 e. The quantitative estimate of drug-likeness (QED) is 0.230. The first kappa shape index (κ1) is 31.8. The van der Waals surface area contributed by atoms with Gasteiger partial charge in [-0.3, -0.25) is 4.79 Å². The third-order valence-electron chi connectivity index (χ3n) is 6.42. The molecule has 210 valence electrons. The maximum Gasteiger partial charge on any atom is 1.00 e. The molecule has 2 heterocycles. The number of nitrogens with zero attached hydrogens (tertiary/aromatic N) is 2. The minimum atomic E-state index is -4.57. The van der Waals surface area contributed by atoms with Gasteiger partial charge in [0, 0.05) is 34.6 Å². The van der Waals surface area contributed by atoms with Gasteiger partial charge in [0.25, 0.3) is 0 Å². The van der Waals surface area contributed by atoms with Crippen molar-refractivity contribution in [1.29, 1.82) is 0 Å². The van der Waals surface area contributed by atoms with Crippen molar-refractivity contribution in [2.24, 2.45) is 0 Å². The number of carbonyl (C=O) groups excluding carboxylic acids is 2. The Morgan fingerprint density at radius 3 is 2.33 bits per heavy atom. The SMILES string of the molecule is O=C(Cc1ccc(-c2ccc(C(F)(F)F)c(Cl)c2)nn1)c1ccc(Oc2cc3c(cc2Cl)C(C(=O)[O-])CCO3)cc1.[Na+]. The van der Waals surface area contributed by atoms with Crippen molar-refractivity contribution in [1.82, 2.24) is 10.2 Å². The van der Waals surface area contributed by atoms with Crippen LogP contribution >= 0.6 is 23.2 Å². The van der Waals surface area contributed by atoms with Gasteiger partial charge in [-0.1, -0.05) is 29.3 Å². The number of ether oxygens (including phenoxy) is 2. The summed E-state index contributed by atoms with van der Waals surface area (Å²) in [6, 6.07) is 15.7. The maximum atomic E-state index is 12.9. The number of aromatic nitrogens is 2. The zero-order valence-corrected chi connectivity index (χ0v) is 25.4. The van der Waals surface area contributed by atoms with Crippen LogP contribution in [0.4, 0.5) is 13.2 Å². The van der Waals surface area contributed by atoms with Crippen LogP contribution in [0.25, 0.3) is 11.3 Å². The summed E-state index contributed by atoms with van der Waals surface area (Å²) in [4.78, 5) is 24.2. The molecule has 0 bridgehead atoms. The molecule has 0 saturated carbocycles. The van der Waals surface area contributed by atoms with Crippen LogP contribution < -0.4 is 44.1 Å². The fourth-order valence-electron chi connectivity index (χ4n) is 4.33. The van der Waals surface area contributed by atoms with Gasteiger partial charge >= 0.3 is 35.7 Å². The van der Waals surface area contributed by atoms with Gasteiger partial charge in [-0.05, 0) is 61.0 Å². The first-order chi connectivity index (χ1) is 19.5. The number of aliphatic carboxylic acids is 1. The molecule has 0 amide bonds. The summed E-state index contributed by atoms with van der Waals surface area (Å²) in [5.74, 6) is -1.27. The number of rotatable bonds is 7.